The third-order valence-corrected chi connectivity index (χ3v) is 9.97. The van der Waals surface area contributed by atoms with Crippen molar-refractivity contribution in [3.63, 3.8) is 0 Å². The van der Waals surface area contributed by atoms with E-state index in [-0.39, 0.29) is 10.5 Å². The Balaban J connectivity index is 0.000000271. The molecule has 0 unspecified atom stereocenters. The van der Waals surface area contributed by atoms with Gasteiger partial charge in [0.15, 0.2) is 12.4 Å². The summed E-state index contributed by atoms with van der Waals surface area (Å²) in [6, 6.07) is 28.4. The summed E-state index contributed by atoms with van der Waals surface area (Å²) in [5.74, 6) is 0. The fourth-order valence-corrected chi connectivity index (χ4v) is 7.22. The van der Waals surface area contributed by atoms with Crippen LogP contribution in [0, 0.1) is 6.92 Å². The number of pyridine rings is 1. The number of rotatable bonds is 4. The molecule has 0 atom stereocenters. The second kappa shape index (κ2) is 12.5. The average Bonchev–Trinajstić information content (AvgIpc) is 3.46. The lowest BCUT2D eigenvalue weighted by molar-refractivity contribution is -0.671. The van der Waals surface area contributed by atoms with Crippen LogP contribution in [0.4, 0.5) is 5.69 Å². The number of anilines is 1. The van der Waals surface area contributed by atoms with Gasteiger partial charge in [-0.25, -0.2) is 13.0 Å². The van der Waals surface area contributed by atoms with Gasteiger partial charge in [-0.05, 0) is 48.4 Å². The molecule has 1 aliphatic rings. The molecule has 10 heteroatoms. The van der Waals surface area contributed by atoms with Crippen molar-refractivity contribution in [3.8, 4) is 0 Å². The van der Waals surface area contributed by atoms with Gasteiger partial charge in [0, 0.05) is 24.1 Å². The Hall–Kier alpha value is -3.96. The van der Waals surface area contributed by atoms with E-state index in [0.29, 0.717) is 6.54 Å². The number of aryl methyl sites for hydroxylation is 2. The van der Waals surface area contributed by atoms with Crippen molar-refractivity contribution in [2.75, 3.05) is 11.9 Å². The van der Waals surface area contributed by atoms with Gasteiger partial charge in [0.1, 0.15) is 26.7 Å². The summed E-state index contributed by atoms with van der Waals surface area (Å²) in [5, 5.41) is 0.997. The third kappa shape index (κ3) is 6.74. The molecule has 214 valence electrons. The van der Waals surface area contributed by atoms with Gasteiger partial charge in [0.2, 0.25) is 0 Å². The lowest BCUT2D eigenvalue weighted by Gasteiger charge is -2.11. The Morgan fingerprint density at radius 3 is 2.19 bits per heavy atom. The smallest absolute Gasteiger partial charge is 0.272 e. The van der Waals surface area contributed by atoms with Gasteiger partial charge in [-0.1, -0.05) is 71.9 Å². The second-order valence-corrected chi connectivity index (χ2v) is 13.2. The van der Waals surface area contributed by atoms with Crippen LogP contribution in [0.25, 0.3) is 11.1 Å². The maximum atomic E-state index is 13.6. The lowest BCUT2D eigenvalue weighted by atomic mass is 10.2. The summed E-state index contributed by atoms with van der Waals surface area (Å²) in [6.45, 7) is 2.37. The van der Waals surface area contributed by atoms with E-state index in [1.54, 1.807) is 35.2 Å². The summed E-state index contributed by atoms with van der Waals surface area (Å²) >= 11 is 3.24. The van der Waals surface area contributed by atoms with Gasteiger partial charge in [0.25, 0.3) is 5.56 Å². The molecular weight excluding hydrogens is 587 g/mol. The van der Waals surface area contributed by atoms with Gasteiger partial charge in [-0.2, -0.15) is 0 Å². The Morgan fingerprint density at radius 2 is 1.55 bits per heavy atom. The van der Waals surface area contributed by atoms with Crippen molar-refractivity contribution in [2.24, 2.45) is 7.05 Å². The van der Waals surface area contributed by atoms with Crippen LogP contribution in [0.3, 0.4) is 0 Å². The van der Waals surface area contributed by atoms with Crippen molar-refractivity contribution < 1.29 is 17.5 Å². The zero-order valence-electron chi connectivity index (χ0n) is 23.3. The number of thioether (sulfide) groups is 1. The number of thiazole rings is 1. The Bertz CT molecular complexity index is 2000. The maximum Gasteiger partial charge on any atom is 0.272 e. The van der Waals surface area contributed by atoms with E-state index in [4.69, 9.17) is 0 Å². The fourth-order valence-electron chi connectivity index (χ4n) is 4.34. The molecule has 3 heterocycles. The maximum absolute atomic E-state index is 13.6. The van der Waals surface area contributed by atoms with E-state index in [0.717, 1.165) is 36.6 Å². The van der Waals surface area contributed by atoms with Crippen LogP contribution in [0.15, 0.2) is 118 Å². The summed E-state index contributed by atoms with van der Waals surface area (Å²) in [6.07, 6.45) is 6.14. The molecule has 0 aliphatic carbocycles. The number of fused-ring (bicyclic) bond motifs is 1. The van der Waals surface area contributed by atoms with Gasteiger partial charge in [0.05, 0.1) is 21.8 Å². The van der Waals surface area contributed by atoms with Crippen LogP contribution in [0.1, 0.15) is 16.7 Å². The molecule has 42 heavy (non-hydrogen) atoms. The molecule has 0 fully saturated rings. The van der Waals surface area contributed by atoms with Crippen LogP contribution < -0.4 is 24.2 Å². The first-order valence-electron chi connectivity index (χ1n) is 13.1. The van der Waals surface area contributed by atoms with Gasteiger partial charge in [-0.15, -0.1) is 11.3 Å². The standard InChI is InChI=1S/C25H22N3OS2.C7H8O3S/c1-26-14-12-18(13-15-26)16-22-28(17-19-8-4-3-5-9-19)24(29)23(31-22)25-27(2)20-10-6-7-11-21(20)30-25;1-6-2-4-7(5-3-6)11(8,9)10/h3-16H,17H2,1-2H3;2-5H,1H3,(H,8,9,10)/q+1;/p-1/b25-23+;. The van der Waals surface area contributed by atoms with Crippen LogP contribution in [-0.2, 0) is 23.7 Å². The molecule has 0 amide bonds. The molecule has 0 N–H and O–H groups in total. The number of aromatic nitrogens is 2. The minimum absolute atomic E-state index is 0.0590. The Kier molecular flexibility index (Phi) is 8.79. The van der Waals surface area contributed by atoms with Crippen molar-refractivity contribution in [1.82, 2.24) is 4.57 Å². The highest BCUT2D eigenvalue weighted by molar-refractivity contribution is 8.08. The van der Waals surface area contributed by atoms with Gasteiger partial charge >= 0.3 is 0 Å². The highest BCUT2D eigenvalue weighted by Gasteiger charge is 2.24. The van der Waals surface area contributed by atoms with Crippen LogP contribution >= 0.6 is 23.1 Å². The van der Waals surface area contributed by atoms with E-state index in [1.807, 2.05) is 72.9 Å². The van der Waals surface area contributed by atoms with Crippen LogP contribution in [-0.4, -0.2) is 24.6 Å². The summed E-state index contributed by atoms with van der Waals surface area (Å²) in [5.41, 5.74) is 4.32. The minimum Gasteiger partial charge on any atom is -0.744 e. The molecule has 0 saturated carbocycles. The van der Waals surface area contributed by atoms with E-state index >= 15 is 0 Å². The monoisotopic (exact) mass is 615 g/mol. The first-order chi connectivity index (χ1) is 20.1. The molecule has 0 radical (unpaired) electrons. The van der Waals surface area contributed by atoms with Gasteiger partial charge in [-0.3, -0.25) is 9.36 Å². The van der Waals surface area contributed by atoms with Crippen LogP contribution in [0.5, 0.6) is 0 Å². The number of nitrogens with zero attached hydrogens (tertiary/aromatic N) is 3. The fraction of sp³-hybridized carbons (Fsp3) is 0.125. The average molecular weight is 616 g/mol. The van der Waals surface area contributed by atoms with Crippen LogP contribution in [0.2, 0.25) is 0 Å². The molecule has 5 aromatic rings. The summed E-state index contributed by atoms with van der Waals surface area (Å²) in [4.78, 5) is 16.7. The van der Waals surface area contributed by atoms with Crippen molar-refractivity contribution >= 4 is 50.0 Å². The second-order valence-electron chi connectivity index (χ2n) is 9.79. The molecule has 0 bridgehead atoms. The topological polar surface area (TPSA) is 86.3 Å². The third-order valence-electron chi connectivity index (χ3n) is 6.63. The minimum atomic E-state index is -4.27. The van der Waals surface area contributed by atoms with E-state index in [9.17, 15) is 17.8 Å². The highest BCUT2D eigenvalue weighted by atomic mass is 32.2. The Morgan fingerprint density at radius 1 is 0.905 bits per heavy atom. The Labute approximate surface area is 253 Å². The van der Waals surface area contributed by atoms with Gasteiger partial charge < -0.3 is 9.45 Å². The molecule has 3 aromatic carbocycles. The highest BCUT2D eigenvalue weighted by Crippen LogP contribution is 2.44. The predicted octanol–water partition coefficient (Wildman–Crippen LogP) is 3.82. The largest absolute Gasteiger partial charge is 0.744 e. The number of hydrogen-bond acceptors (Lipinski definition) is 7. The molecule has 6 rings (SSSR count). The van der Waals surface area contributed by atoms with E-state index < -0.39 is 10.1 Å². The number of benzene rings is 3. The quantitative estimate of drug-likeness (QED) is 0.226. The number of hydrogen-bond donors (Lipinski definition) is 0. The molecular formula is C32H29N3O4S3. The van der Waals surface area contributed by atoms with Crippen molar-refractivity contribution in [3.05, 3.63) is 140 Å². The predicted molar refractivity (Wildman–Crippen MR) is 168 cm³/mol. The first kappa shape index (κ1) is 29.5. The van der Waals surface area contributed by atoms with Crippen molar-refractivity contribution in [1.29, 1.82) is 0 Å². The van der Waals surface area contributed by atoms with E-state index in [2.05, 4.69) is 47.4 Å². The molecule has 0 saturated heterocycles. The first-order valence-corrected chi connectivity index (χ1v) is 16.1. The zero-order chi connectivity index (χ0) is 29.9. The summed E-state index contributed by atoms with van der Waals surface area (Å²) < 4.78 is 36.8. The summed E-state index contributed by atoms with van der Waals surface area (Å²) in [7, 11) is -0.233. The van der Waals surface area contributed by atoms with E-state index in [1.165, 1.54) is 17.0 Å². The molecule has 7 nitrogen and oxygen atoms in total. The number of para-hydroxylation sites is 1. The SMILES string of the molecule is CN1/C(=c2\s/c(=C\c3cc[n+](C)cc3)n(Cc3ccccc3)c2=O)Sc2ccccc21.Cc1ccc(S(=O)(=O)[O-])cc1. The molecule has 1 aliphatic heterocycles. The molecule has 2 aromatic heterocycles. The zero-order valence-corrected chi connectivity index (χ0v) is 25.7. The lowest BCUT2D eigenvalue weighted by Crippen LogP contribution is -2.34. The normalized spacial score (nSPS) is 14.4. The molecule has 0 spiro atoms. The van der Waals surface area contributed by atoms with Crippen molar-refractivity contribution in [2.45, 2.75) is 23.3 Å².